The van der Waals surface area contributed by atoms with Crippen LogP contribution in [0.15, 0.2) is 24.3 Å². The lowest BCUT2D eigenvalue weighted by Crippen LogP contribution is -2.03. The Morgan fingerprint density at radius 1 is 1.33 bits per heavy atom. The van der Waals surface area contributed by atoms with Crippen LogP contribution in [0, 0.1) is 12.7 Å². The first-order valence-corrected chi connectivity index (χ1v) is 5.59. The van der Waals surface area contributed by atoms with Crippen molar-refractivity contribution in [1.29, 1.82) is 0 Å². The van der Waals surface area contributed by atoms with Gasteiger partial charge in [-0.15, -0.1) is 0 Å². The van der Waals surface area contributed by atoms with Crippen molar-refractivity contribution in [3.63, 3.8) is 0 Å². The molecule has 0 atom stereocenters. The largest absolute Gasteiger partial charge is 0.476 e. The average Bonchev–Trinajstić information content (AvgIpc) is 2.70. The molecule has 0 spiro atoms. The number of carboxylic acid groups (broad SMARTS) is 1. The number of imidazole rings is 1. The Morgan fingerprint density at radius 3 is 2.61 bits per heavy atom. The van der Waals surface area contributed by atoms with E-state index in [1.165, 1.54) is 12.1 Å². The van der Waals surface area contributed by atoms with E-state index < -0.39 is 5.97 Å². The smallest absolute Gasteiger partial charge is 0.356 e. The van der Waals surface area contributed by atoms with Gasteiger partial charge in [0.05, 0.1) is 0 Å². The van der Waals surface area contributed by atoms with Gasteiger partial charge in [-0.1, -0.05) is 12.1 Å². The Kier molecular flexibility index (Phi) is 3.41. The first-order chi connectivity index (χ1) is 8.56. The van der Waals surface area contributed by atoms with E-state index >= 15 is 0 Å². The van der Waals surface area contributed by atoms with Gasteiger partial charge in [-0.2, -0.15) is 0 Å². The number of carboxylic acids is 1. The summed E-state index contributed by atoms with van der Waals surface area (Å²) in [5.74, 6) is -0.725. The van der Waals surface area contributed by atoms with E-state index in [0.717, 1.165) is 5.56 Å². The Bertz CT molecular complexity index is 561. The number of hydrogen-bond donors (Lipinski definition) is 2. The number of aromatic amines is 1. The highest BCUT2D eigenvalue weighted by Gasteiger charge is 2.14. The Balaban J connectivity index is 2.10. The molecule has 0 amide bonds. The van der Waals surface area contributed by atoms with Gasteiger partial charge in [-0.05, 0) is 37.5 Å². The van der Waals surface area contributed by atoms with Crippen LogP contribution in [0.5, 0.6) is 0 Å². The van der Waals surface area contributed by atoms with Gasteiger partial charge in [-0.25, -0.2) is 14.2 Å². The summed E-state index contributed by atoms with van der Waals surface area (Å²) in [7, 11) is 0. The number of carbonyl (C=O) groups is 1. The van der Waals surface area contributed by atoms with E-state index in [1.54, 1.807) is 19.1 Å². The van der Waals surface area contributed by atoms with Crippen LogP contribution in [0.4, 0.5) is 4.39 Å². The van der Waals surface area contributed by atoms with Crippen molar-refractivity contribution in [3.05, 3.63) is 52.9 Å². The summed E-state index contributed by atoms with van der Waals surface area (Å²) in [6, 6.07) is 6.18. The molecule has 1 aromatic heterocycles. The van der Waals surface area contributed by atoms with Gasteiger partial charge in [0, 0.05) is 5.69 Å². The third kappa shape index (κ3) is 2.74. The summed E-state index contributed by atoms with van der Waals surface area (Å²) in [5.41, 5.74) is 1.62. The van der Waals surface area contributed by atoms with Gasteiger partial charge in [0.25, 0.3) is 0 Å². The molecule has 2 N–H and O–H groups in total. The maximum atomic E-state index is 12.7. The molecule has 5 heteroatoms. The first kappa shape index (κ1) is 12.3. The number of nitrogens with zero attached hydrogens (tertiary/aromatic N) is 1. The second kappa shape index (κ2) is 5.00. The van der Waals surface area contributed by atoms with Crippen LogP contribution in [-0.2, 0) is 12.8 Å². The predicted octanol–water partition coefficient (Wildman–Crippen LogP) is 2.34. The molecule has 0 aliphatic carbocycles. The summed E-state index contributed by atoms with van der Waals surface area (Å²) in [4.78, 5) is 17.8. The first-order valence-electron chi connectivity index (χ1n) is 5.59. The molecule has 0 unspecified atom stereocenters. The van der Waals surface area contributed by atoms with Crippen molar-refractivity contribution in [3.8, 4) is 0 Å². The molecule has 0 saturated carbocycles. The second-order valence-electron chi connectivity index (χ2n) is 4.08. The summed E-state index contributed by atoms with van der Waals surface area (Å²) in [6.45, 7) is 1.72. The maximum absolute atomic E-state index is 12.7. The average molecular weight is 248 g/mol. The summed E-state index contributed by atoms with van der Waals surface area (Å²) >= 11 is 0. The number of hydrogen-bond acceptors (Lipinski definition) is 2. The van der Waals surface area contributed by atoms with Crippen LogP contribution < -0.4 is 0 Å². The number of rotatable bonds is 4. The molecule has 1 heterocycles. The van der Waals surface area contributed by atoms with Gasteiger partial charge < -0.3 is 10.1 Å². The minimum Gasteiger partial charge on any atom is -0.476 e. The zero-order chi connectivity index (χ0) is 13.1. The SMILES string of the molecule is Cc1nc(C(=O)O)c(CCc2ccc(F)cc2)[nH]1. The van der Waals surface area contributed by atoms with E-state index in [0.29, 0.717) is 24.4 Å². The number of benzene rings is 1. The standard InChI is InChI=1S/C13H13FN2O2/c1-8-15-11(12(16-8)13(17)18)7-4-9-2-5-10(14)6-3-9/h2-3,5-6H,4,7H2,1H3,(H,15,16)(H,17,18). The predicted molar refractivity (Wildman–Crippen MR) is 64.1 cm³/mol. The molecule has 18 heavy (non-hydrogen) atoms. The van der Waals surface area contributed by atoms with Crippen molar-refractivity contribution < 1.29 is 14.3 Å². The lowest BCUT2D eigenvalue weighted by atomic mass is 10.1. The minimum absolute atomic E-state index is 0.0645. The van der Waals surface area contributed by atoms with Crippen molar-refractivity contribution >= 4 is 5.97 Å². The van der Waals surface area contributed by atoms with E-state index in [1.807, 2.05) is 0 Å². The van der Waals surface area contributed by atoms with Crippen LogP contribution in [0.3, 0.4) is 0 Å². The molecular weight excluding hydrogens is 235 g/mol. The highest BCUT2D eigenvalue weighted by Crippen LogP contribution is 2.11. The maximum Gasteiger partial charge on any atom is 0.356 e. The molecule has 2 rings (SSSR count). The summed E-state index contributed by atoms with van der Waals surface area (Å²) in [6.07, 6.45) is 1.18. The number of halogens is 1. The molecule has 0 aliphatic heterocycles. The molecule has 0 radical (unpaired) electrons. The highest BCUT2D eigenvalue weighted by molar-refractivity contribution is 5.86. The third-order valence-electron chi connectivity index (χ3n) is 2.68. The lowest BCUT2D eigenvalue weighted by Gasteiger charge is -2.01. The molecule has 0 fully saturated rings. The zero-order valence-electron chi connectivity index (χ0n) is 9.90. The van der Waals surface area contributed by atoms with Crippen molar-refractivity contribution in [2.75, 3.05) is 0 Å². The van der Waals surface area contributed by atoms with Gasteiger partial charge in [-0.3, -0.25) is 0 Å². The molecule has 4 nitrogen and oxygen atoms in total. The van der Waals surface area contributed by atoms with Gasteiger partial charge in [0.1, 0.15) is 11.6 Å². The van der Waals surface area contributed by atoms with Crippen molar-refractivity contribution in [2.45, 2.75) is 19.8 Å². The Hall–Kier alpha value is -2.17. The third-order valence-corrected chi connectivity index (χ3v) is 2.68. The molecule has 0 aliphatic rings. The van der Waals surface area contributed by atoms with E-state index in [4.69, 9.17) is 5.11 Å². The fourth-order valence-electron chi connectivity index (χ4n) is 1.82. The fourth-order valence-corrected chi connectivity index (χ4v) is 1.82. The molecule has 0 bridgehead atoms. The van der Waals surface area contributed by atoms with Crippen molar-refractivity contribution in [2.24, 2.45) is 0 Å². The number of nitrogens with one attached hydrogen (secondary N) is 1. The fraction of sp³-hybridized carbons (Fsp3) is 0.231. The lowest BCUT2D eigenvalue weighted by molar-refractivity contribution is 0.0689. The van der Waals surface area contributed by atoms with Crippen LogP contribution in [0.2, 0.25) is 0 Å². The number of aromatic carboxylic acids is 1. The van der Waals surface area contributed by atoms with Crippen molar-refractivity contribution in [1.82, 2.24) is 9.97 Å². The molecular formula is C13H13FN2O2. The van der Waals surface area contributed by atoms with Crippen LogP contribution in [-0.4, -0.2) is 21.0 Å². The van der Waals surface area contributed by atoms with E-state index in [2.05, 4.69) is 9.97 Å². The molecule has 94 valence electrons. The number of aromatic nitrogens is 2. The Labute approximate surface area is 103 Å². The molecule has 2 aromatic rings. The van der Waals surface area contributed by atoms with E-state index in [9.17, 15) is 9.18 Å². The number of aryl methyl sites for hydroxylation is 3. The van der Waals surface area contributed by atoms with Gasteiger partial charge >= 0.3 is 5.97 Å². The molecule has 0 saturated heterocycles. The Morgan fingerprint density at radius 2 is 2.00 bits per heavy atom. The van der Waals surface area contributed by atoms with Crippen LogP contribution in [0.1, 0.15) is 27.6 Å². The normalized spacial score (nSPS) is 10.6. The summed E-state index contributed by atoms with van der Waals surface area (Å²) < 4.78 is 12.7. The second-order valence-corrected chi connectivity index (χ2v) is 4.08. The monoisotopic (exact) mass is 248 g/mol. The topological polar surface area (TPSA) is 66.0 Å². The highest BCUT2D eigenvalue weighted by atomic mass is 19.1. The van der Waals surface area contributed by atoms with Crippen LogP contribution in [0.25, 0.3) is 0 Å². The van der Waals surface area contributed by atoms with Crippen LogP contribution >= 0.6 is 0 Å². The zero-order valence-corrected chi connectivity index (χ0v) is 9.90. The summed E-state index contributed by atoms with van der Waals surface area (Å²) in [5, 5.41) is 8.98. The minimum atomic E-state index is -1.03. The quantitative estimate of drug-likeness (QED) is 0.872. The number of H-pyrrole nitrogens is 1. The molecule has 1 aromatic carbocycles. The van der Waals surface area contributed by atoms with Gasteiger partial charge in [0.2, 0.25) is 0 Å². The van der Waals surface area contributed by atoms with E-state index in [-0.39, 0.29) is 11.5 Å². The van der Waals surface area contributed by atoms with Gasteiger partial charge in [0.15, 0.2) is 5.69 Å².